The smallest absolute Gasteiger partial charge is 0.158 e. The van der Waals surface area contributed by atoms with Crippen LogP contribution in [0.25, 0.3) is 0 Å². The molecule has 0 saturated carbocycles. The molecule has 2 aliphatic rings. The first kappa shape index (κ1) is 8.03. The van der Waals surface area contributed by atoms with Crippen molar-refractivity contribution >= 4 is 5.78 Å². The molecule has 0 aromatic rings. The molecular formula is C11H16O. The van der Waals surface area contributed by atoms with E-state index in [1.54, 1.807) is 0 Å². The van der Waals surface area contributed by atoms with Crippen molar-refractivity contribution < 1.29 is 4.79 Å². The largest absolute Gasteiger partial charge is 0.295 e. The van der Waals surface area contributed by atoms with E-state index in [4.69, 9.17) is 0 Å². The van der Waals surface area contributed by atoms with Crippen LogP contribution in [0.1, 0.15) is 44.9 Å². The van der Waals surface area contributed by atoms with Gasteiger partial charge in [-0.15, -0.1) is 0 Å². The van der Waals surface area contributed by atoms with Crippen LogP contribution in [0.2, 0.25) is 0 Å². The number of ketones is 1. The quantitative estimate of drug-likeness (QED) is 0.538. The predicted molar refractivity (Wildman–Crippen MR) is 48.9 cm³/mol. The van der Waals surface area contributed by atoms with Gasteiger partial charge in [0, 0.05) is 6.42 Å². The summed E-state index contributed by atoms with van der Waals surface area (Å²) in [6.07, 6.45) is 10.5. The Morgan fingerprint density at radius 2 is 2.00 bits per heavy atom. The van der Waals surface area contributed by atoms with Gasteiger partial charge in [-0.1, -0.05) is 18.9 Å². The normalized spacial score (nSPS) is 30.5. The van der Waals surface area contributed by atoms with E-state index in [-0.39, 0.29) is 0 Å². The highest BCUT2D eigenvalue weighted by Gasteiger charge is 2.21. The molecule has 0 aromatic carbocycles. The van der Waals surface area contributed by atoms with Gasteiger partial charge in [0.2, 0.25) is 0 Å². The third-order valence-electron chi connectivity index (χ3n) is 3.06. The van der Waals surface area contributed by atoms with Gasteiger partial charge in [-0.3, -0.25) is 4.79 Å². The molecule has 0 fully saturated rings. The molecule has 1 unspecified atom stereocenters. The first-order chi connectivity index (χ1) is 5.86. The molecule has 0 amide bonds. The summed E-state index contributed by atoms with van der Waals surface area (Å²) in [4.78, 5) is 11.4. The van der Waals surface area contributed by atoms with Crippen molar-refractivity contribution in [1.29, 1.82) is 0 Å². The summed E-state index contributed by atoms with van der Waals surface area (Å²) in [7, 11) is 0. The minimum atomic E-state index is 0.424. The van der Waals surface area contributed by atoms with Gasteiger partial charge in [0.15, 0.2) is 5.78 Å². The molecule has 0 radical (unpaired) electrons. The highest BCUT2D eigenvalue weighted by molar-refractivity contribution is 5.96. The van der Waals surface area contributed by atoms with Gasteiger partial charge in [0.05, 0.1) is 0 Å². The molecule has 12 heavy (non-hydrogen) atoms. The fraction of sp³-hybridized carbons (Fsp3) is 0.727. The zero-order valence-corrected chi connectivity index (χ0v) is 7.51. The maximum atomic E-state index is 11.4. The van der Waals surface area contributed by atoms with Gasteiger partial charge in [-0.05, 0) is 37.2 Å². The van der Waals surface area contributed by atoms with Gasteiger partial charge in [0.25, 0.3) is 0 Å². The van der Waals surface area contributed by atoms with Gasteiger partial charge >= 0.3 is 0 Å². The molecule has 1 nitrogen and oxygen atoms in total. The average molecular weight is 164 g/mol. The van der Waals surface area contributed by atoms with Crippen molar-refractivity contribution in [3.05, 3.63) is 11.6 Å². The number of fused-ring (bicyclic) bond motifs is 1. The lowest BCUT2D eigenvalue weighted by Gasteiger charge is -2.22. The predicted octanol–water partition coefficient (Wildman–Crippen LogP) is 2.86. The Labute approximate surface area is 73.8 Å². The van der Waals surface area contributed by atoms with Crippen LogP contribution in [0.4, 0.5) is 0 Å². The molecule has 0 N–H and O–H groups in total. The van der Waals surface area contributed by atoms with Crippen LogP contribution < -0.4 is 0 Å². The Bertz CT molecular complexity index is 215. The Morgan fingerprint density at radius 1 is 1.08 bits per heavy atom. The number of allylic oxidation sites excluding steroid dienone is 2. The summed E-state index contributed by atoms with van der Waals surface area (Å²) < 4.78 is 0. The average Bonchev–Trinajstić information content (AvgIpc) is 2.03. The van der Waals surface area contributed by atoms with E-state index in [2.05, 4.69) is 6.08 Å². The van der Waals surface area contributed by atoms with E-state index in [0.717, 1.165) is 30.8 Å². The Balaban J connectivity index is 2.15. The molecule has 66 valence electrons. The number of carbonyl (C=O) groups excluding carboxylic acids is 1. The molecule has 0 spiro atoms. The molecule has 2 aliphatic carbocycles. The monoisotopic (exact) mass is 164 g/mol. The lowest BCUT2D eigenvalue weighted by molar-refractivity contribution is -0.116. The lowest BCUT2D eigenvalue weighted by Crippen LogP contribution is -2.15. The van der Waals surface area contributed by atoms with Crippen molar-refractivity contribution in [1.82, 2.24) is 0 Å². The van der Waals surface area contributed by atoms with E-state index in [1.807, 2.05) is 0 Å². The highest BCUT2D eigenvalue weighted by atomic mass is 16.1. The van der Waals surface area contributed by atoms with Crippen molar-refractivity contribution in [2.24, 2.45) is 5.92 Å². The Kier molecular flexibility index (Phi) is 2.29. The molecule has 0 aliphatic heterocycles. The molecule has 0 aromatic heterocycles. The molecular weight excluding hydrogens is 148 g/mol. The molecule has 1 atom stereocenters. The third kappa shape index (κ3) is 1.60. The summed E-state index contributed by atoms with van der Waals surface area (Å²) in [6.45, 7) is 0. The standard InChI is InChI=1S/C11H16O/c12-11-7-6-9-4-2-1-3-5-10(11)8-9/h8-9H,1-7H2. The number of Topliss-reactive ketones (excluding diaryl/α,β-unsaturated/α-hetero) is 1. The van der Waals surface area contributed by atoms with Gasteiger partial charge < -0.3 is 0 Å². The maximum absolute atomic E-state index is 11.4. The minimum Gasteiger partial charge on any atom is -0.295 e. The number of hydrogen-bond acceptors (Lipinski definition) is 1. The molecule has 1 heteroatoms. The molecule has 0 heterocycles. The second kappa shape index (κ2) is 3.42. The van der Waals surface area contributed by atoms with Crippen LogP contribution in [0, 0.1) is 5.92 Å². The highest BCUT2D eigenvalue weighted by Crippen LogP contribution is 2.29. The Hall–Kier alpha value is -0.590. The molecule has 0 saturated heterocycles. The van der Waals surface area contributed by atoms with Crippen LogP contribution in [0.15, 0.2) is 11.6 Å². The minimum absolute atomic E-state index is 0.424. The first-order valence-electron chi connectivity index (χ1n) is 5.10. The van der Waals surface area contributed by atoms with Crippen molar-refractivity contribution in [2.45, 2.75) is 44.9 Å². The number of hydrogen-bond donors (Lipinski definition) is 0. The van der Waals surface area contributed by atoms with Crippen LogP contribution in [0.3, 0.4) is 0 Å². The van der Waals surface area contributed by atoms with Crippen LogP contribution >= 0.6 is 0 Å². The first-order valence-corrected chi connectivity index (χ1v) is 5.10. The third-order valence-corrected chi connectivity index (χ3v) is 3.06. The topological polar surface area (TPSA) is 17.1 Å². The van der Waals surface area contributed by atoms with Gasteiger partial charge in [-0.25, -0.2) is 0 Å². The summed E-state index contributed by atoms with van der Waals surface area (Å²) in [5, 5.41) is 0. The van der Waals surface area contributed by atoms with Crippen molar-refractivity contribution in [2.75, 3.05) is 0 Å². The summed E-state index contributed by atoms with van der Waals surface area (Å²) in [5.74, 6) is 1.16. The fourth-order valence-corrected chi connectivity index (χ4v) is 2.29. The fourth-order valence-electron chi connectivity index (χ4n) is 2.29. The van der Waals surface area contributed by atoms with Crippen molar-refractivity contribution in [3.63, 3.8) is 0 Å². The summed E-state index contributed by atoms with van der Waals surface area (Å²) >= 11 is 0. The van der Waals surface area contributed by atoms with E-state index < -0.39 is 0 Å². The van der Waals surface area contributed by atoms with E-state index >= 15 is 0 Å². The van der Waals surface area contributed by atoms with E-state index in [1.165, 1.54) is 25.7 Å². The molecule has 2 rings (SSSR count). The van der Waals surface area contributed by atoms with Crippen LogP contribution in [0.5, 0.6) is 0 Å². The van der Waals surface area contributed by atoms with Crippen LogP contribution in [-0.2, 0) is 4.79 Å². The summed E-state index contributed by atoms with van der Waals surface area (Å²) in [6, 6.07) is 0. The SMILES string of the molecule is O=C1CCC2C=C1CCCCC2. The van der Waals surface area contributed by atoms with E-state index in [0.29, 0.717) is 5.78 Å². The number of carbonyl (C=O) groups is 1. The van der Waals surface area contributed by atoms with Gasteiger partial charge in [-0.2, -0.15) is 0 Å². The second-order valence-corrected chi connectivity index (χ2v) is 4.01. The zero-order chi connectivity index (χ0) is 8.39. The van der Waals surface area contributed by atoms with Crippen LogP contribution in [-0.4, -0.2) is 5.78 Å². The number of rotatable bonds is 0. The van der Waals surface area contributed by atoms with Gasteiger partial charge in [0.1, 0.15) is 0 Å². The zero-order valence-electron chi connectivity index (χ0n) is 7.51. The summed E-state index contributed by atoms with van der Waals surface area (Å²) in [5.41, 5.74) is 1.14. The van der Waals surface area contributed by atoms with E-state index in [9.17, 15) is 4.79 Å². The maximum Gasteiger partial charge on any atom is 0.158 e. The lowest BCUT2D eigenvalue weighted by atomic mass is 9.82. The van der Waals surface area contributed by atoms with Crippen molar-refractivity contribution in [3.8, 4) is 0 Å². The molecule has 2 bridgehead atoms. The Morgan fingerprint density at radius 3 is 2.92 bits per heavy atom. The second-order valence-electron chi connectivity index (χ2n) is 4.01.